The fourth-order valence-electron chi connectivity index (χ4n) is 1.37. The molecule has 0 saturated carbocycles. The minimum Gasteiger partial charge on any atom is -0.255 e. The second-order valence-electron chi connectivity index (χ2n) is 3.71. The van der Waals surface area contributed by atoms with E-state index in [2.05, 4.69) is 4.98 Å². The number of rotatable bonds is 3. The van der Waals surface area contributed by atoms with E-state index < -0.39 is 15.7 Å². The Morgan fingerprint density at radius 2 is 2.00 bits per heavy atom. The van der Waals surface area contributed by atoms with Crippen LogP contribution in [-0.2, 0) is 9.84 Å². The third-order valence-corrected chi connectivity index (χ3v) is 3.92. The predicted octanol–water partition coefficient (Wildman–Crippen LogP) is 3.32. The van der Waals surface area contributed by atoms with E-state index in [0.29, 0.717) is 10.7 Å². The lowest BCUT2D eigenvalue weighted by molar-refractivity contribution is 0.598. The molecule has 0 radical (unpaired) electrons. The van der Waals surface area contributed by atoms with E-state index in [1.54, 1.807) is 12.1 Å². The highest BCUT2D eigenvalue weighted by atomic mass is 35.5. The van der Waals surface area contributed by atoms with Crippen LogP contribution in [0.2, 0.25) is 5.02 Å². The van der Waals surface area contributed by atoms with Gasteiger partial charge in [-0.2, -0.15) is 0 Å². The second kappa shape index (κ2) is 5.50. The average Bonchev–Trinajstić information content (AvgIpc) is 2.38. The van der Waals surface area contributed by atoms with Crippen molar-refractivity contribution in [3.8, 4) is 0 Å². The Kier molecular flexibility index (Phi) is 3.97. The van der Waals surface area contributed by atoms with Gasteiger partial charge in [0, 0.05) is 11.6 Å². The molecule has 0 aliphatic heterocycles. The van der Waals surface area contributed by atoms with Crippen LogP contribution in [0.3, 0.4) is 0 Å². The third-order valence-electron chi connectivity index (χ3n) is 2.29. The van der Waals surface area contributed by atoms with E-state index in [1.165, 1.54) is 30.5 Å². The van der Waals surface area contributed by atoms with Crippen LogP contribution in [0.25, 0.3) is 6.08 Å². The van der Waals surface area contributed by atoms with Crippen molar-refractivity contribution in [1.29, 1.82) is 0 Å². The van der Waals surface area contributed by atoms with Crippen molar-refractivity contribution < 1.29 is 12.8 Å². The first-order chi connectivity index (χ1) is 8.97. The van der Waals surface area contributed by atoms with E-state index in [4.69, 9.17) is 11.6 Å². The highest BCUT2D eigenvalue weighted by Gasteiger charge is 2.10. The monoisotopic (exact) mass is 297 g/mol. The minimum atomic E-state index is -3.68. The molecule has 0 aliphatic rings. The first kappa shape index (κ1) is 13.7. The number of halogens is 2. The molecule has 0 unspecified atom stereocenters. The lowest BCUT2D eigenvalue weighted by Gasteiger charge is -1.99. The Balaban J connectivity index is 2.29. The topological polar surface area (TPSA) is 47.0 Å². The lowest BCUT2D eigenvalue weighted by atomic mass is 10.3. The summed E-state index contributed by atoms with van der Waals surface area (Å²) in [5.41, 5.74) is 0.448. The van der Waals surface area contributed by atoms with Crippen molar-refractivity contribution in [3.05, 3.63) is 64.5 Å². The van der Waals surface area contributed by atoms with Gasteiger partial charge in [0.05, 0.1) is 15.6 Å². The smallest absolute Gasteiger partial charge is 0.199 e. The van der Waals surface area contributed by atoms with Gasteiger partial charge in [-0.1, -0.05) is 17.7 Å². The van der Waals surface area contributed by atoms with E-state index in [1.807, 2.05) is 0 Å². The molecular formula is C13H9ClFNO2S. The molecule has 2 rings (SSSR count). The standard InChI is InChI=1S/C13H9ClFNO2S/c14-10-4-5-12(16-9-10)6-7-19(17,18)13-3-1-2-11(15)8-13/h1-9H/b7-6+. The number of pyridine rings is 1. The number of hydrogen-bond donors (Lipinski definition) is 0. The first-order valence-electron chi connectivity index (χ1n) is 5.28. The van der Waals surface area contributed by atoms with Crippen molar-refractivity contribution in [2.24, 2.45) is 0 Å². The maximum atomic E-state index is 13.0. The Bertz CT molecular complexity index is 712. The van der Waals surface area contributed by atoms with Crippen LogP contribution in [0.1, 0.15) is 5.69 Å². The summed E-state index contributed by atoms with van der Waals surface area (Å²) in [5.74, 6) is -0.598. The van der Waals surface area contributed by atoms with Crippen LogP contribution in [-0.4, -0.2) is 13.4 Å². The number of benzene rings is 1. The van der Waals surface area contributed by atoms with Gasteiger partial charge in [-0.3, -0.25) is 4.98 Å². The molecule has 3 nitrogen and oxygen atoms in total. The largest absolute Gasteiger partial charge is 0.255 e. The second-order valence-corrected chi connectivity index (χ2v) is 5.98. The van der Waals surface area contributed by atoms with Gasteiger partial charge >= 0.3 is 0 Å². The summed E-state index contributed by atoms with van der Waals surface area (Å²) in [6, 6.07) is 8.01. The summed E-state index contributed by atoms with van der Waals surface area (Å²) in [7, 11) is -3.68. The molecule has 6 heteroatoms. The molecule has 1 heterocycles. The van der Waals surface area contributed by atoms with Crippen LogP contribution in [0.4, 0.5) is 4.39 Å². The summed E-state index contributed by atoms with van der Waals surface area (Å²) in [6.45, 7) is 0. The zero-order chi connectivity index (χ0) is 13.9. The van der Waals surface area contributed by atoms with Gasteiger partial charge in [0.25, 0.3) is 0 Å². The molecule has 98 valence electrons. The quantitative estimate of drug-likeness (QED) is 0.873. The Hall–Kier alpha value is -1.72. The molecule has 19 heavy (non-hydrogen) atoms. The van der Waals surface area contributed by atoms with Gasteiger partial charge in [-0.05, 0) is 36.4 Å². The summed E-state index contributed by atoms with van der Waals surface area (Å²) in [5, 5.41) is 1.45. The van der Waals surface area contributed by atoms with Gasteiger partial charge in [-0.25, -0.2) is 12.8 Å². The third kappa shape index (κ3) is 3.62. The highest BCUT2D eigenvalue weighted by Crippen LogP contribution is 2.15. The van der Waals surface area contributed by atoms with Crippen LogP contribution >= 0.6 is 11.6 Å². The normalized spacial score (nSPS) is 11.9. The van der Waals surface area contributed by atoms with Crippen molar-refractivity contribution in [2.75, 3.05) is 0 Å². The Morgan fingerprint density at radius 3 is 2.63 bits per heavy atom. The van der Waals surface area contributed by atoms with Gasteiger partial charge in [0.2, 0.25) is 0 Å². The van der Waals surface area contributed by atoms with Crippen molar-refractivity contribution in [2.45, 2.75) is 4.90 Å². The maximum Gasteiger partial charge on any atom is 0.199 e. The number of nitrogens with zero attached hydrogens (tertiary/aromatic N) is 1. The molecule has 0 saturated heterocycles. The predicted molar refractivity (Wildman–Crippen MR) is 71.9 cm³/mol. The number of sulfone groups is 1. The van der Waals surface area contributed by atoms with E-state index in [9.17, 15) is 12.8 Å². The van der Waals surface area contributed by atoms with Gasteiger partial charge in [-0.15, -0.1) is 0 Å². The summed E-state index contributed by atoms with van der Waals surface area (Å²) in [4.78, 5) is 3.84. The fraction of sp³-hybridized carbons (Fsp3) is 0. The number of hydrogen-bond acceptors (Lipinski definition) is 3. The lowest BCUT2D eigenvalue weighted by Crippen LogP contribution is -1.96. The maximum absolute atomic E-state index is 13.0. The fourth-order valence-corrected chi connectivity index (χ4v) is 2.50. The molecule has 1 aromatic carbocycles. The molecular weight excluding hydrogens is 289 g/mol. The zero-order valence-electron chi connectivity index (χ0n) is 9.62. The average molecular weight is 298 g/mol. The molecule has 0 atom stereocenters. The van der Waals surface area contributed by atoms with Crippen LogP contribution < -0.4 is 0 Å². The Morgan fingerprint density at radius 1 is 1.21 bits per heavy atom. The number of aromatic nitrogens is 1. The van der Waals surface area contributed by atoms with E-state index in [-0.39, 0.29) is 4.90 Å². The first-order valence-corrected chi connectivity index (χ1v) is 7.20. The molecule has 0 amide bonds. The molecule has 0 aliphatic carbocycles. The Labute approximate surface area is 115 Å². The zero-order valence-corrected chi connectivity index (χ0v) is 11.2. The van der Waals surface area contributed by atoms with E-state index >= 15 is 0 Å². The van der Waals surface area contributed by atoms with Crippen LogP contribution in [0.5, 0.6) is 0 Å². The molecule has 0 fully saturated rings. The summed E-state index contributed by atoms with van der Waals surface area (Å²) >= 11 is 5.67. The van der Waals surface area contributed by atoms with Crippen molar-refractivity contribution in [3.63, 3.8) is 0 Å². The van der Waals surface area contributed by atoms with Gasteiger partial charge in [0.15, 0.2) is 9.84 Å². The van der Waals surface area contributed by atoms with E-state index in [0.717, 1.165) is 11.5 Å². The molecule has 0 N–H and O–H groups in total. The summed E-state index contributed by atoms with van der Waals surface area (Å²) < 4.78 is 36.8. The molecule has 0 bridgehead atoms. The highest BCUT2D eigenvalue weighted by molar-refractivity contribution is 7.94. The van der Waals surface area contributed by atoms with Gasteiger partial charge < -0.3 is 0 Å². The van der Waals surface area contributed by atoms with Gasteiger partial charge in [0.1, 0.15) is 5.82 Å². The SMILES string of the molecule is O=S(=O)(/C=C/c1ccc(Cl)cn1)c1cccc(F)c1. The minimum absolute atomic E-state index is 0.0993. The molecule has 0 spiro atoms. The van der Waals surface area contributed by atoms with Crippen molar-refractivity contribution in [1.82, 2.24) is 4.98 Å². The van der Waals surface area contributed by atoms with Crippen molar-refractivity contribution >= 4 is 27.5 Å². The van der Waals surface area contributed by atoms with Crippen LogP contribution in [0, 0.1) is 5.82 Å². The molecule has 2 aromatic rings. The van der Waals surface area contributed by atoms with Crippen LogP contribution in [0.15, 0.2) is 52.9 Å². The molecule has 1 aromatic heterocycles. The summed E-state index contributed by atoms with van der Waals surface area (Å²) in [6.07, 6.45) is 2.74.